The van der Waals surface area contributed by atoms with Crippen molar-refractivity contribution in [3.63, 3.8) is 0 Å². The first kappa shape index (κ1) is 16.6. The van der Waals surface area contributed by atoms with Crippen LogP contribution in [0.3, 0.4) is 0 Å². The van der Waals surface area contributed by atoms with Crippen molar-refractivity contribution in [3.8, 4) is 22.4 Å². The van der Waals surface area contributed by atoms with Crippen LogP contribution in [0.5, 0.6) is 0 Å². The summed E-state index contributed by atoms with van der Waals surface area (Å²) in [7, 11) is 0. The zero-order valence-corrected chi connectivity index (χ0v) is 22.5. The Hall–Kier alpha value is -4.43. The Morgan fingerprint density at radius 3 is 2.33 bits per heavy atom. The van der Waals surface area contributed by atoms with Crippen LogP contribution in [0.1, 0.15) is 49.8 Å². The second kappa shape index (κ2) is 9.06. The molecule has 0 saturated heterocycles. The van der Waals surface area contributed by atoms with Gasteiger partial charge in [0.05, 0.1) is 7.06 Å². The van der Waals surface area contributed by atoms with Gasteiger partial charge in [-0.05, 0) is 93.7 Å². The molecule has 40 heavy (non-hydrogen) atoms. The van der Waals surface area contributed by atoms with Crippen molar-refractivity contribution in [1.29, 1.82) is 0 Å². The van der Waals surface area contributed by atoms with E-state index in [0.717, 1.165) is 32.3 Å². The molecule has 7 rings (SSSR count). The fourth-order valence-electron chi connectivity index (χ4n) is 5.58. The normalized spacial score (nSPS) is 16.5. The Balaban J connectivity index is 1.49. The third kappa shape index (κ3) is 4.07. The van der Waals surface area contributed by atoms with E-state index < -0.39 is 25.5 Å². The first-order chi connectivity index (χ1) is 22.9. The van der Waals surface area contributed by atoms with Gasteiger partial charge in [0, 0.05) is 38.9 Å². The zero-order chi connectivity index (χ0) is 35.3. The van der Waals surface area contributed by atoms with E-state index in [0.29, 0.717) is 22.4 Å². The van der Waals surface area contributed by atoms with E-state index in [1.165, 1.54) is 24.4 Å². The first-order valence-corrected chi connectivity index (χ1v) is 13.3. The van der Waals surface area contributed by atoms with Gasteiger partial charge in [-0.2, -0.15) is 0 Å². The lowest BCUT2D eigenvalue weighted by atomic mass is 9.86. The summed E-state index contributed by atoms with van der Waals surface area (Å²) in [5.41, 5.74) is 0.688. The SMILES string of the molecule is [2H]c1cc(C([2H])([2H])C(C)(C)C)cc(C([2H])([2H])[2H])c1-c1cc(-c2cccc3c2oc2c3ccc3c4ccccc4ccc32)ncc1C([2H])([2H])[2H]. The Kier molecular flexibility index (Phi) is 3.77. The quantitative estimate of drug-likeness (QED) is 0.213. The van der Waals surface area contributed by atoms with Crippen LogP contribution in [0, 0.1) is 19.1 Å². The number of rotatable bonds is 3. The van der Waals surface area contributed by atoms with Crippen molar-refractivity contribution in [2.75, 3.05) is 0 Å². The summed E-state index contributed by atoms with van der Waals surface area (Å²) in [4.78, 5) is 4.55. The van der Waals surface area contributed by atoms with Gasteiger partial charge >= 0.3 is 0 Å². The standard InChI is InChI=1S/C38H33NO/c1-23-19-25(21-38(3,4)5)13-15-27(23)34-20-35(39-22-24(34)2)33-12-8-11-30-32-18-17-29-28-10-7-6-9-26(28)14-16-31(29)36(32)40-37(30)33/h6-20,22H,21H2,1-5H3/i1D3,2D3,15D,21D2. The molecule has 2 nitrogen and oxygen atoms in total. The topological polar surface area (TPSA) is 26.0 Å². The first-order valence-electron chi connectivity index (χ1n) is 17.8. The fourth-order valence-corrected chi connectivity index (χ4v) is 5.58. The third-order valence-corrected chi connectivity index (χ3v) is 7.30. The largest absolute Gasteiger partial charge is 0.455 e. The molecule has 2 heteroatoms. The van der Waals surface area contributed by atoms with E-state index in [9.17, 15) is 0 Å². The Labute approximate surface area is 247 Å². The average Bonchev–Trinajstić information content (AvgIpc) is 3.42. The predicted octanol–water partition coefficient (Wildman–Crippen LogP) is 10.8. The molecule has 7 aromatic rings. The molecule has 0 aliphatic heterocycles. The summed E-state index contributed by atoms with van der Waals surface area (Å²) in [5.74, 6) is 0. The number of benzene rings is 5. The number of aryl methyl sites for hydroxylation is 2. The molecule has 0 unspecified atom stereocenters. The van der Waals surface area contributed by atoms with E-state index >= 15 is 0 Å². The molecule has 2 heterocycles. The van der Waals surface area contributed by atoms with Gasteiger partial charge in [0.2, 0.25) is 0 Å². The number of hydrogen-bond acceptors (Lipinski definition) is 2. The van der Waals surface area contributed by atoms with Crippen LogP contribution in [0.4, 0.5) is 0 Å². The molecule has 5 aromatic carbocycles. The van der Waals surface area contributed by atoms with E-state index in [1.54, 1.807) is 20.8 Å². The van der Waals surface area contributed by atoms with E-state index in [2.05, 4.69) is 29.2 Å². The van der Waals surface area contributed by atoms with E-state index in [4.69, 9.17) is 16.8 Å². The van der Waals surface area contributed by atoms with Gasteiger partial charge in [-0.3, -0.25) is 4.98 Å². The Bertz CT molecular complexity index is 2450. The molecule has 0 N–H and O–H groups in total. The highest BCUT2D eigenvalue weighted by Crippen LogP contribution is 2.41. The summed E-state index contributed by atoms with van der Waals surface area (Å²) in [6.07, 6.45) is -0.767. The van der Waals surface area contributed by atoms with Gasteiger partial charge in [-0.25, -0.2) is 0 Å². The molecule has 196 valence electrons. The van der Waals surface area contributed by atoms with Crippen LogP contribution in [-0.2, 0) is 6.37 Å². The maximum Gasteiger partial charge on any atom is 0.144 e. The molecule has 0 amide bonds. The molecule has 0 saturated carbocycles. The maximum atomic E-state index is 9.03. The monoisotopic (exact) mass is 528 g/mol. The summed E-state index contributed by atoms with van der Waals surface area (Å²) >= 11 is 0. The molecule has 0 aliphatic carbocycles. The molecule has 2 aromatic heterocycles. The average molecular weight is 529 g/mol. The molecule has 0 bridgehead atoms. The lowest BCUT2D eigenvalue weighted by Gasteiger charge is -2.19. The fraction of sp³-hybridized carbons (Fsp3) is 0.184. The number of fused-ring (bicyclic) bond motifs is 7. The van der Waals surface area contributed by atoms with Crippen LogP contribution in [0.2, 0.25) is 0 Å². The number of pyridine rings is 1. The van der Waals surface area contributed by atoms with Gasteiger partial charge < -0.3 is 4.42 Å². The molecule has 0 fully saturated rings. The number of para-hydroxylation sites is 1. The van der Waals surface area contributed by atoms with Crippen LogP contribution >= 0.6 is 0 Å². The molecule has 0 spiro atoms. The predicted molar refractivity (Wildman–Crippen MR) is 170 cm³/mol. The number of nitrogens with zero attached hydrogens (tertiary/aromatic N) is 1. The second-order valence-corrected chi connectivity index (χ2v) is 11.3. The summed E-state index contributed by atoms with van der Waals surface area (Å²) in [6.45, 7) is -0.374. The van der Waals surface area contributed by atoms with Gasteiger partial charge in [0.25, 0.3) is 0 Å². The molecule has 0 atom stereocenters. The van der Waals surface area contributed by atoms with Gasteiger partial charge in [-0.15, -0.1) is 0 Å². The van der Waals surface area contributed by atoms with Gasteiger partial charge in [-0.1, -0.05) is 87.5 Å². The van der Waals surface area contributed by atoms with Crippen LogP contribution in [0.25, 0.3) is 65.9 Å². The van der Waals surface area contributed by atoms with Crippen molar-refractivity contribution < 1.29 is 16.8 Å². The third-order valence-electron chi connectivity index (χ3n) is 7.30. The van der Waals surface area contributed by atoms with Crippen LogP contribution in [-0.4, -0.2) is 4.98 Å². The molecule has 0 radical (unpaired) electrons. The lowest BCUT2D eigenvalue weighted by Crippen LogP contribution is -2.09. The van der Waals surface area contributed by atoms with Crippen molar-refractivity contribution >= 4 is 43.5 Å². The smallest absolute Gasteiger partial charge is 0.144 e. The van der Waals surface area contributed by atoms with E-state index in [-0.39, 0.29) is 33.9 Å². The second-order valence-electron chi connectivity index (χ2n) is 11.3. The highest BCUT2D eigenvalue weighted by Gasteiger charge is 2.18. The minimum Gasteiger partial charge on any atom is -0.455 e. The molecular weight excluding hydrogens is 486 g/mol. The summed E-state index contributed by atoms with van der Waals surface area (Å²) < 4.78 is 83.3. The van der Waals surface area contributed by atoms with Crippen molar-refractivity contribution in [3.05, 3.63) is 114 Å². The Morgan fingerprint density at radius 1 is 0.725 bits per heavy atom. The van der Waals surface area contributed by atoms with Gasteiger partial charge in [0.15, 0.2) is 0 Å². The highest BCUT2D eigenvalue weighted by molar-refractivity contribution is 6.21. The number of aromatic nitrogens is 1. The summed E-state index contributed by atoms with van der Waals surface area (Å²) in [6, 6.07) is 25.8. The van der Waals surface area contributed by atoms with E-state index in [1.807, 2.05) is 42.5 Å². The van der Waals surface area contributed by atoms with Crippen molar-refractivity contribution in [1.82, 2.24) is 4.98 Å². The van der Waals surface area contributed by atoms with Crippen LogP contribution in [0.15, 0.2) is 102 Å². The maximum absolute atomic E-state index is 9.03. The highest BCUT2D eigenvalue weighted by atomic mass is 16.3. The van der Waals surface area contributed by atoms with Crippen molar-refractivity contribution in [2.24, 2.45) is 5.41 Å². The van der Waals surface area contributed by atoms with Crippen molar-refractivity contribution in [2.45, 2.75) is 40.8 Å². The number of furan rings is 1. The van der Waals surface area contributed by atoms with Gasteiger partial charge in [0.1, 0.15) is 11.2 Å². The minimum atomic E-state index is -2.78. The number of hydrogen-bond donors (Lipinski definition) is 0. The molecule has 0 aliphatic rings. The minimum absolute atomic E-state index is 0.0222. The summed E-state index contributed by atoms with van der Waals surface area (Å²) in [5, 5.41) is 5.95. The van der Waals surface area contributed by atoms with Crippen LogP contribution < -0.4 is 0 Å². The zero-order valence-electron chi connectivity index (χ0n) is 31.5. The lowest BCUT2D eigenvalue weighted by molar-refractivity contribution is 0.411. The molecular formula is C38H33NO. The Morgan fingerprint density at radius 2 is 1.48 bits per heavy atom.